The molecule has 3 aromatic heterocycles. The molecule has 107 heavy (non-hydrogen) atoms. The Kier molecular flexibility index (Phi) is 43.3. The number of hydrogen-bond donors (Lipinski definition) is 0. The molecular weight excluding hydrogens is 1310 g/mol. The molecule has 3 heterocycles. The molecule has 9 aromatic rings. The van der Waals surface area contributed by atoms with Crippen LogP contribution in [0.1, 0.15) is 319 Å². The molecule has 0 radical (unpaired) electrons. The number of hydrogen-bond acceptors (Lipinski definition) is 3. The summed E-state index contributed by atoms with van der Waals surface area (Å²) < 4.78 is 44.8. The molecule has 0 spiro atoms. The van der Waals surface area contributed by atoms with Gasteiger partial charge < -0.3 is 0 Å². The topological polar surface area (TPSA) is 38.7 Å². The van der Waals surface area contributed by atoms with Gasteiger partial charge in [0.2, 0.25) is 17.8 Å². The third-order valence-corrected chi connectivity index (χ3v) is 21.5. The molecule has 0 amide bonds. The molecule has 0 bridgehead atoms. The van der Waals surface area contributed by atoms with Crippen molar-refractivity contribution in [1.29, 1.82) is 0 Å². The minimum atomic E-state index is -0.402. The summed E-state index contributed by atoms with van der Waals surface area (Å²) in [6.07, 6.45) is 56.7. The third kappa shape index (κ3) is 33.5. The van der Waals surface area contributed by atoms with Gasteiger partial charge in [0.15, 0.2) is 0 Å². The lowest BCUT2D eigenvalue weighted by Crippen LogP contribution is -1.94. The average Bonchev–Trinajstić information content (AvgIpc) is 0.829. The fourth-order valence-electron chi connectivity index (χ4n) is 14.5. The predicted octanol–water partition coefficient (Wildman–Crippen LogP) is 31.9. The highest BCUT2D eigenvalue weighted by atomic mass is 19.1. The van der Waals surface area contributed by atoms with Crippen molar-refractivity contribution in [2.24, 2.45) is 0 Å². The van der Waals surface area contributed by atoms with Crippen molar-refractivity contribution in [1.82, 2.24) is 15.0 Å². The van der Waals surface area contributed by atoms with Crippen LogP contribution < -0.4 is 0 Å². The van der Waals surface area contributed by atoms with E-state index >= 15 is 0 Å². The van der Waals surface area contributed by atoms with Gasteiger partial charge in [-0.3, -0.25) is 0 Å². The minimum absolute atomic E-state index is 0.399. The van der Waals surface area contributed by atoms with Crippen LogP contribution in [0.15, 0.2) is 182 Å². The van der Waals surface area contributed by atoms with Crippen LogP contribution in [0.4, 0.5) is 13.2 Å². The second kappa shape index (κ2) is 53.4. The van der Waals surface area contributed by atoms with E-state index in [-0.39, 0.29) is 0 Å². The van der Waals surface area contributed by atoms with Crippen molar-refractivity contribution < 1.29 is 13.2 Å². The van der Waals surface area contributed by atoms with E-state index in [1.165, 1.54) is 277 Å². The van der Waals surface area contributed by atoms with E-state index in [0.717, 1.165) is 71.9 Å². The molecule has 0 aliphatic carbocycles. The average molecular weight is 1450 g/mol. The van der Waals surface area contributed by atoms with Crippen molar-refractivity contribution in [3.05, 3.63) is 233 Å². The van der Waals surface area contributed by atoms with Crippen molar-refractivity contribution in [2.45, 2.75) is 324 Å². The Balaban J connectivity index is 0.000000224. The molecule has 0 aliphatic heterocycles. The zero-order valence-corrected chi connectivity index (χ0v) is 67.4. The van der Waals surface area contributed by atoms with Crippen LogP contribution in [-0.4, -0.2) is 15.0 Å². The first kappa shape index (κ1) is 86.8. The number of unbranched alkanes of at least 4 members (excludes halogenated alkanes) is 32. The molecule has 0 saturated carbocycles. The van der Waals surface area contributed by atoms with Gasteiger partial charge in [-0.2, -0.15) is 13.2 Å². The van der Waals surface area contributed by atoms with E-state index in [1.54, 1.807) is 0 Å². The maximum Gasteiger partial charge on any atom is 0.221 e. The first-order valence-corrected chi connectivity index (χ1v) is 43.2. The highest BCUT2D eigenvalue weighted by Gasteiger charge is 2.14. The van der Waals surface area contributed by atoms with Gasteiger partial charge in [0.1, 0.15) is 0 Å². The van der Waals surface area contributed by atoms with Crippen LogP contribution in [0.2, 0.25) is 0 Å². The van der Waals surface area contributed by atoms with Crippen molar-refractivity contribution in [3.63, 3.8) is 0 Å². The maximum atomic E-state index is 15.0. The van der Waals surface area contributed by atoms with Gasteiger partial charge in [0.25, 0.3) is 0 Å². The van der Waals surface area contributed by atoms with E-state index in [1.807, 2.05) is 72.8 Å². The first-order chi connectivity index (χ1) is 52.6. The monoisotopic (exact) mass is 1450 g/mol. The summed E-state index contributed by atoms with van der Waals surface area (Å²) in [5, 5.41) is 0. The molecule has 9 rings (SSSR count). The lowest BCUT2D eigenvalue weighted by Gasteiger charge is -2.08. The largest absolute Gasteiger partial charge is 0.221 e. The lowest BCUT2D eigenvalue weighted by atomic mass is 10.00. The van der Waals surface area contributed by atoms with Gasteiger partial charge in [-0.25, -0.2) is 15.0 Å². The minimum Gasteiger partial charge on any atom is -0.219 e. The summed E-state index contributed by atoms with van der Waals surface area (Å²) in [5.41, 5.74) is 17.4. The zero-order valence-electron chi connectivity index (χ0n) is 67.4. The Morgan fingerprint density at radius 2 is 0.318 bits per heavy atom. The van der Waals surface area contributed by atoms with Crippen LogP contribution in [0.3, 0.4) is 0 Å². The number of rotatable bonds is 50. The van der Waals surface area contributed by atoms with Gasteiger partial charge >= 0.3 is 0 Å². The quantitative estimate of drug-likeness (QED) is 0.0282. The Morgan fingerprint density at radius 1 is 0.168 bits per heavy atom. The number of aryl methyl sites for hydroxylation is 6. The van der Waals surface area contributed by atoms with E-state index in [2.05, 4.69) is 166 Å². The standard InChI is InChI=1S/C35H48FN.C34H46FN.C32H42FN/c1-3-5-7-9-11-13-15-17-29-19-23-31(24-20-29)33-27-28-34(37-35(33)36)32-25-21-30(22-26-32)18-16-14-12-10-8-6-4-2;1-3-5-7-9-11-13-15-17-29-20-24-31(25-21-29)33-27-26-32(34(35)36-33)30-22-18-28(19-23-30)16-14-12-10-8-6-4-2;1-3-5-7-9-10-11-13-15-27-18-22-29(23-19-27)31-25-24-30(32(33)34-31)28-20-16-26(17-21-28)14-12-8-6-4-2/h19-28H,3-18H2,1-2H3;18-27H,3-17H2,1-2H3;16-25H,3-15H2,1-2H3. The van der Waals surface area contributed by atoms with Gasteiger partial charge in [-0.05, 0) is 164 Å². The second-order valence-electron chi connectivity index (χ2n) is 30.6. The Morgan fingerprint density at radius 3 is 0.486 bits per heavy atom. The summed E-state index contributed by atoms with van der Waals surface area (Å²) in [7, 11) is 0. The predicted molar refractivity (Wildman–Crippen MR) is 457 cm³/mol. The summed E-state index contributed by atoms with van der Waals surface area (Å²) in [6.45, 7) is 13.5. The molecule has 0 aliphatic rings. The number of benzene rings is 6. The SMILES string of the molecule is CCCCCCCCCc1ccc(-c2ccc(-c3ccc(CCCCCC)cc3)c(F)n2)cc1.CCCCCCCCCc1ccc(-c2ccc(-c3ccc(CCCCCCCC)cc3)c(F)n2)cc1.CCCCCCCCCc1ccc(-c2ccc(-c3ccc(CCCCCCCCC)cc3)c(F)n2)cc1. The van der Waals surface area contributed by atoms with Crippen molar-refractivity contribution in [3.8, 4) is 67.2 Å². The smallest absolute Gasteiger partial charge is 0.219 e. The Labute approximate surface area is 648 Å². The molecule has 3 nitrogen and oxygen atoms in total. The molecule has 0 saturated heterocycles. The van der Waals surface area contributed by atoms with Gasteiger partial charge in [0.05, 0.1) is 17.1 Å². The number of aromatic nitrogens is 3. The fraction of sp³-hybridized carbons (Fsp3) is 0.495. The molecule has 0 unspecified atom stereocenters. The summed E-state index contributed by atoms with van der Waals surface area (Å²) >= 11 is 0. The zero-order chi connectivity index (χ0) is 75.6. The number of halogens is 3. The molecule has 576 valence electrons. The third-order valence-electron chi connectivity index (χ3n) is 21.5. The van der Waals surface area contributed by atoms with Crippen LogP contribution in [-0.2, 0) is 38.5 Å². The molecule has 6 aromatic carbocycles. The van der Waals surface area contributed by atoms with E-state index < -0.39 is 17.8 Å². The highest BCUT2D eigenvalue weighted by molar-refractivity contribution is 5.70. The second-order valence-corrected chi connectivity index (χ2v) is 30.6. The maximum absolute atomic E-state index is 15.0. The summed E-state index contributed by atoms with van der Waals surface area (Å²) in [5.74, 6) is -1.20. The van der Waals surface area contributed by atoms with E-state index in [4.69, 9.17) is 0 Å². The summed E-state index contributed by atoms with van der Waals surface area (Å²) in [6, 6.07) is 61.9. The molecule has 0 fully saturated rings. The van der Waals surface area contributed by atoms with Crippen molar-refractivity contribution in [2.75, 3.05) is 0 Å². The Bertz CT molecular complexity index is 3740. The number of pyridine rings is 3. The van der Waals surface area contributed by atoms with Crippen molar-refractivity contribution >= 4 is 0 Å². The van der Waals surface area contributed by atoms with Gasteiger partial charge in [0, 0.05) is 33.4 Å². The molecular formula is C101H136F3N3. The van der Waals surface area contributed by atoms with E-state index in [0.29, 0.717) is 33.8 Å². The molecule has 0 atom stereocenters. The molecule has 6 heteroatoms. The van der Waals surface area contributed by atoms with Crippen LogP contribution >= 0.6 is 0 Å². The summed E-state index contributed by atoms with van der Waals surface area (Å²) in [4.78, 5) is 12.9. The number of nitrogens with zero attached hydrogens (tertiary/aromatic N) is 3. The van der Waals surface area contributed by atoms with Gasteiger partial charge in [-0.1, -0.05) is 393 Å². The highest BCUT2D eigenvalue weighted by Crippen LogP contribution is 2.32. The fourth-order valence-corrected chi connectivity index (χ4v) is 14.5. The molecule has 0 N–H and O–H groups in total. The van der Waals surface area contributed by atoms with Crippen LogP contribution in [0.25, 0.3) is 67.2 Å². The van der Waals surface area contributed by atoms with Crippen LogP contribution in [0.5, 0.6) is 0 Å². The van der Waals surface area contributed by atoms with Crippen LogP contribution in [0, 0.1) is 17.8 Å². The Hall–Kier alpha value is -7.44. The lowest BCUT2D eigenvalue weighted by molar-refractivity contribution is 0.588. The first-order valence-electron chi connectivity index (χ1n) is 43.2. The van der Waals surface area contributed by atoms with Gasteiger partial charge in [-0.15, -0.1) is 0 Å². The van der Waals surface area contributed by atoms with E-state index in [9.17, 15) is 13.2 Å². The normalized spacial score (nSPS) is 11.2.